The van der Waals surface area contributed by atoms with E-state index in [0.29, 0.717) is 0 Å². The van der Waals surface area contributed by atoms with Crippen molar-refractivity contribution in [3.05, 3.63) is 47.8 Å². The van der Waals surface area contributed by atoms with Crippen LogP contribution in [0, 0.1) is 5.82 Å². The van der Waals surface area contributed by atoms with Crippen LogP contribution in [0.4, 0.5) is 4.39 Å². The Morgan fingerprint density at radius 3 is 2.60 bits per heavy atom. The van der Waals surface area contributed by atoms with E-state index in [2.05, 4.69) is 15.0 Å². The highest BCUT2D eigenvalue weighted by Crippen LogP contribution is 2.34. The zero-order valence-electron chi connectivity index (χ0n) is 16.9. The summed E-state index contributed by atoms with van der Waals surface area (Å²) in [5.74, 6) is -1.71. The lowest BCUT2D eigenvalue weighted by Crippen LogP contribution is -2.21. The molecule has 1 aromatic carbocycles. The van der Waals surface area contributed by atoms with E-state index in [4.69, 9.17) is 9.47 Å². The van der Waals surface area contributed by atoms with Crippen molar-refractivity contribution in [2.45, 2.75) is 32.9 Å². The summed E-state index contributed by atoms with van der Waals surface area (Å²) in [6.45, 7) is 4.89. The van der Waals surface area contributed by atoms with E-state index in [1.54, 1.807) is 6.92 Å². The third kappa shape index (κ3) is 3.94. The van der Waals surface area contributed by atoms with E-state index in [1.807, 2.05) is 0 Å². The first kappa shape index (κ1) is 21.2. The minimum absolute atomic E-state index is 0.00394. The normalized spacial score (nSPS) is 11.4. The summed E-state index contributed by atoms with van der Waals surface area (Å²) in [7, 11) is 1.38. The van der Waals surface area contributed by atoms with Crippen LogP contribution in [0.15, 0.2) is 30.6 Å². The number of methoxy groups -OCH3 is 1. The molecule has 0 unspecified atom stereocenters. The molecule has 2 N–H and O–H groups in total. The molecule has 0 spiro atoms. The number of carboxylic acids is 1. The number of benzene rings is 1. The molecule has 0 amide bonds. The summed E-state index contributed by atoms with van der Waals surface area (Å²) in [4.78, 5) is 24.5. The highest BCUT2D eigenvalue weighted by Gasteiger charge is 2.32. The van der Waals surface area contributed by atoms with E-state index in [1.165, 1.54) is 56.1 Å². The molecule has 0 atom stereocenters. The number of rotatable bonds is 7. The predicted octanol–water partition coefficient (Wildman–Crippen LogP) is 3.23. The van der Waals surface area contributed by atoms with Crippen LogP contribution >= 0.6 is 0 Å². The molecule has 3 rings (SSSR count). The summed E-state index contributed by atoms with van der Waals surface area (Å²) in [5.41, 5.74) is -1.45. The molecule has 30 heavy (non-hydrogen) atoms. The van der Waals surface area contributed by atoms with E-state index in [0.717, 1.165) is 0 Å². The summed E-state index contributed by atoms with van der Waals surface area (Å²) >= 11 is 0. The summed E-state index contributed by atoms with van der Waals surface area (Å²) < 4.78 is 26.2. The number of aliphatic hydroxyl groups is 1. The lowest BCUT2D eigenvalue weighted by molar-refractivity contribution is 0.0602. The first-order valence-electron chi connectivity index (χ1n) is 9.06. The van der Waals surface area contributed by atoms with Gasteiger partial charge in [0.2, 0.25) is 11.6 Å². The Labute approximate surface area is 171 Å². The minimum atomic E-state index is -1.50. The van der Waals surface area contributed by atoms with Crippen LogP contribution in [0.3, 0.4) is 0 Å². The van der Waals surface area contributed by atoms with E-state index in [-0.39, 0.29) is 46.8 Å². The van der Waals surface area contributed by atoms with Crippen LogP contribution in [0.1, 0.15) is 37.0 Å². The predicted molar refractivity (Wildman–Crippen MR) is 104 cm³/mol. The number of hydrogen-bond acceptors (Lipinski definition) is 7. The molecule has 0 saturated heterocycles. The standard InChI is InChI=1S/C20H21FN4O5/c1-5-25-15(19(26)27)17(20(2,3)28)24-18(25)12-9-22-10-14(23-12)30-16-11(21)7-6-8-13(16)29-4/h6-10,28H,5H2,1-4H3,(H,26,27). The molecule has 0 fully saturated rings. The molecular formula is C20H21FN4O5. The zero-order chi connectivity index (χ0) is 22.1. The molecular weight excluding hydrogens is 395 g/mol. The third-order valence-corrected chi connectivity index (χ3v) is 4.26. The Morgan fingerprint density at radius 1 is 1.27 bits per heavy atom. The number of hydrogen-bond donors (Lipinski definition) is 2. The van der Waals surface area contributed by atoms with Gasteiger partial charge in [-0.3, -0.25) is 4.98 Å². The van der Waals surface area contributed by atoms with Crippen molar-refractivity contribution in [2.24, 2.45) is 0 Å². The van der Waals surface area contributed by atoms with Crippen LogP contribution < -0.4 is 9.47 Å². The number of aromatic nitrogens is 4. The van der Waals surface area contributed by atoms with Crippen molar-refractivity contribution in [3.8, 4) is 28.9 Å². The lowest BCUT2D eigenvalue weighted by Gasteiger charge is -2.15. The topological polar surface area (TPSA) is 120 Å². The second kappa shape index (κ2) is 8.07. The monoisotopic (exact) mass is 416 g/mol. The summed E-state index contributed by atoms with van der Waals surface area (Å²) in [6, 6.07) is 4.23. The van der Waals surface area contributed by atoms with Gasteiger partial charge in [0.05, 0.1) is 19.5 Å². The SMILES string of the molecule is CCn1c(-c2cncc(Oc3c(F)cccc3OC)n2)nc(C(C)(C)O)c1C(=O)O. The van der Waals surface area contributed by atoms with Gasteiger partial charge in [-0.15, -0.1) is 0 Å². The Kier molecular flexibility index (Phi) is 5.70. The quantitative estimate of drug-likeness (QED) is 0.602. The molecule has 2 aromatic heterocycles. The van der Waals surface area contributed by atoms with Gasteiger partial charge in [-0.2, -0.15) is 0 Å². The molecule has 0 aliphatic heterocycles. The van der Waals surface area contributed by atoms with Crippen LogP contribution in [-0.2, 0) is 12.1 Å². The van der Waals surface area contributed by atoms with Crippen LogP contribution in [0.2, 0.25) is 0 Å². The highest BCUT2D eigenvalue weighted by molar-refractivity contribution is 5.88. The number of imidazole rings is 1. The summed E-state index contributed by atoms with van der Waals surface area (Å²) in [5, 5.41) is 20.0. The van der Waals surface area contributed by atoms with Crippen LogP contribution in [0.25, 0.3) is 11.5 Å². The number of nitrogens with zero attached hydrogens (tertiary/aromatic N) is 4. The van der Waals surface area contributed by atoms with Crippen LogP contribution in [-0.4, -0.2) is 42.8 Å². The first-order valence-corrected chi connectivity index (χ1v) is 9.06. The van der Waals surface area contributed by atoms with Gasteiger partial charge in [-0.1, -0.05) is 6.07 Å². The second-order valence-electron chi connectivity index (χ2n) is 6.86. The Hall–Kier alpha value is -3.53. The van der Waals surface area contributed by atoms with Crippen LogP contribution in [0.5, 0.6) is 17.4 Å². The number of carbonyl (C=O) groups is 1. The van der Waals surface area contributed by atoms with Crippen molar-refractivity contribution in [3.63, 3.8) is 0 Å². The van der Waals surface area contributed by atoms with Gasteiger partial charge in [0.1, 0.15) is 17.0 Å². The number of carboxylic acid groups (broad SMARTS) is 1. The van der Waals surface area contributed by atoms with Gasteiger partial charge in [-0.25, -0.2) is 19.2 Å². The molecule has 0 saturated carbocycles. The summed E-state index contributed by atoms with van der Waals surface area (Å²) in [6.07, 6.45) is 2.66. The van der Waals surface area contributed by atoms with Gasteiger partial charge in [-0.05, 0) is 32.9 Å². The van der Waals surface area contributed by atoms with Crippen molar-refractivity contribution in [2.75, 3.05) is 7.11 Å². The molecule has 3 aromatic rings. The number of halogens is 1. The number of para-hydroxylation sites is 1. The Morgan fingerprint density at radius 2 is 2.00 bits per heavy atom. The lowest BCUT2D eigenvalue weighted by atomic mass is 10.0. The second-order valence-corrected chi connectivity index (χ2v) is 6.86. The maximum Gasteiger partial charge on any atom is 0.354 e. The highest BCUT2D eigenvalue weighted by atomic mass is 19.1. The van der Waals surface area contributed by atoms with Gasteiger partial charge in [0, 0.05) is 6.54 Å². The smallest absolute Gasteiger partial charge is 0.354 e. The third-order valence-electron chi connectivity index (χ3n) is 4.26. The van der Waals surface area contributed by atoms with Crippen molar-refractivity contribution in [1.29, 1.82) is 0 Å². The van der Waals surface area contributed by atoms with Gasteiger partial charge >= 0.3 is 5.97 Å². The van der Waals surface area contributed by atoms with Gasteiger partial charge in [0.15, 0.2) is 23.1 Å². The van der Waals surface area contributed by atoms with Gasteiger partial charge < -0.3 is 24.3 Å². The molecule has 10 heteroatoms. The molecule has 0 aliphatic rings. The maximum atomic E-state index is 14.2. The average molecular weight is 416 g/mol. The van der Waals surface area contributed by atoms with E-state index in [9.17, 15) is 19.4 Å². The minimum Gasteiger partial charge on any atom is -0.493 e. The molecule has 0 bridgehead atoms. The van der Waals surface area contributed by atoms with Crippen molar-refractivity contribution < 1.29 is 28.9 Å². The number of aromatic carboxylic acids is 1. The fraction of sp³-hybridized carbons (Fsp3) is 0.300. The molecule has 0 aliphatic carbocycles. The molecule has 158 valence electrons. The van der Waals surface area contributed by atoms with E-state index >= 15 is 0 Å². The average Bonchev–Trinajstić information content (AvgIpc) is 3.10. The Balaban J connectivity index is 2.10. The maximum absolute atomic E-state index is 14.2. The largest absolute Gasteiger partial charge is 0.493 e. The van der Waals surface area contributed by atoms with Crippen molar-refractivity contribution in [1.82, 2.24) is 19.5 Å². The Bertz CT molecular complexity index is 1090. The first-order chi connectivity index (χ1) is 14.2. The van der Waals surface area contributed by atoms with Gasteiger partial charge in [0.25, 0.3) is 0 Å². The van der Waals surface area contributed by atoms with Crippen molar-refractivity contribution >= 4 is 5.97 Å². The zero-order valence-corrected chi connectivity index (χ0v) is 16.9. The molecule has 0 radical (unpaired) electrons. The fourth-order valence-electron chi connectivity index (χ4n) is 2.96. The fourth-order valence-corrected chi connectivity index (χ4v) is 2.96. The van der Waals surface area contributed by atoms with E-state index < -0.39 is 17.4 Å². The molecule has 9 nitrogen and oxygen atoms in total. The molecule has 2 heterocycles. The number of ether oxygens (including phenoxy) is 2.